The van der Waals surface area contributed by atoms with Gasteiger partial charge in [-0.1, -0.05) is 12.1 Å². The van der Waals surface area contributed by atoms with Gasteiger partial charge >= 0.3 is 0 Å². The number of piperazine rings is 1. The Labute approximate surface area is 212 Å². The van der Waals surface area contributed by atoms with Crippen molar-refractivity contribution in [3.05, 3.63) is 88.9 Å². The van der Waals surface area contributed by atoms with E-state index in [1.165, 1.54) is 12.1 Å². The van der Waals surface area contributed by atoms with Crippen LogP contribution in [0.25, 0.3) is 10.9 Å². The minimum atomic E-state index is -0.442. The van der Waals surface area contributed by atoms with E-state index >= 15 is 0 Å². The van der Waals surface area contributed by atoms with E-state index in [1.54, 1.807) is 53.5 Å². The monoisotopic (exact) mass is 499 g/mol. The Morgan fingerprint density at radius 1 is 0.973 bits per heavy atom. The van der Waals surface area contributed by atoms with Crippen molar-refractivity contribution in [3.8, 4) is 0 Å². The van der Waals surface area contributed by atoms with E-state index in [9.17, 15) is 19.7 Å². The van der Waals surface area contributed by atoms with Crippen molar-refractivity contribution in [2.45, 2.75) is 13.0 Å². The van der Waals surface area contributed by atoms with Crippen molar-refractivity contribution >= 4 is 40.0 Å². The molecule has 5 rings (SSSR count). The minimum Gasteiger partial charge on any atom is -0.339 e. The van der Waals surface area contributed by atoms with Gasteiger partial charge in [-0.3, -0.25) is 19.7 Å². The lowest BCUT2D eigenvalue weighted by atomic mass is 10.1. The molecule has 1 aliphatic rings. The van der Waals surface area contributed by atoms with Crippen molar-refractivity contribution in [1.29, 1.82) is 0 Å². The molecule has 0 aliphatic carbocycles. The molecule has 0 bridgehead atoms. The highest BCUT2D eigenvalue weighted by Crippen LogP contribution is 2.22. The number of anilines is 2. The number of carbonyl (C=O) groups excluding carboxylic acids is 2. The standard InChI is InChI=1S/C26H25N7O4/c34-24(18-32-11-8-20-17-22(33(36)37)6-7-23(20)32)29-21-4-2-19(3-5-21)16-25(35)30-12-14-31(15-13-30)26-27-9-1-10-28-26/h1-11,17H,12-16,18H2,(H,29,34). The number of amides is 2. The molecule has 11 heteroatoms. The van der Waals surface area contributed by atoms with Crippen molar-refractivity contribution in [3.63, 3.8) is 0 Å². The number of carbonyl (C=O) groups is 2. The number of nitro groups is 1. The molecule has 4 aromatic rings. The number of hydrogen-bond acceptors (Lipinski definition) is 7. The molecule has 37 heavy (non-hydrogen) atoms. The molecule has 3 heterocycles. The minimum absolute atomic E-state index is 0.0114. The first-order chi connectivity index (χ1) is 18.0. The second-order valence-corrected chi connectivity index (χ2v) is 8.78. The SMILES string of the molecule is O=C(Cn1ccc2cc([N+](=O)[O-])ccc21)Nc1ccc(CC(=O)N2CCN(c3ncccn3)CC2)cc1. The summed E-state index contributed by atoms with van der Waals surface area (Å²) in [6.45, 7) is 2.68. The van der Waals surface area contributed by atoms with Gasteiger partial charge in [0.1, 0.15) is 6.54 Å². The molecule has 0 unspecified atom stereocenters. The molecule has 0 radical (unpaired) electrons. The van der Waals surface area contributed by atoms with E-state index in [4.69, 9.17) is 0 Å². The molecule has 0 saturated carbocycles. The smallest absolute Gasteiger partial charge is 0.270 e. The molecular weight excluding hydrogens is 474 g/mol. The summed E-state index contributed by atoms with van der Waals surface area (Å²) in [5.41, 5.74) is 2.25. The number of non-ortho nitro benzene ring substituents is 1. The summed E-state index contributed by atoms with van der Waals surface area (Å²) in [5, 5.41) is 14.5. The first kappa shape index (κ1) is 23.9. The van der Waals surface area contributed by atoms with Crippen LogP contribution in [-0.2, 0) is 22.6 Å². The lowest BCUT2D eigenvalue weighted by Crippen LogP contribution is -2.49. The Morgan fingerprint density at radius 2 is 1.70 bits per heavy atom. The molecule has 1 N–H and O–H groups in total. The third-order valence-corrected chi connectivity index (χ3v) is 6.34. The van der Waals surface area contributed by atoms with E-state index in [-0.39, 0.29) is 30.5 Å². The number of nitrogens with zero attached hydrogens (tertiary/aromatic N) is 6. The van der Waals surface area contributed by atoms with Crippen LogP contribution in [0.2, 0.25) is 0 Å². The van der Waals surface area contributed by atoms with Gasteiger partial charge < -0.3 is 19.7 Å². The van der Waals surface area contributed by atoms with Crippen LogP contribution in [0.15, 0.2) is 73.2 Å². The maximum Gasteiger partial charge on any atom is 0.270 e. The van der Waals surface area contributed by atoms with E-state index in [1.807, 2.05) is 17.0 Å². The van der Waals surface area contributed by atoms with Gasteiger partial charge in [-0.25, -0.2) is 9.97 Å². The summed E-state index contributed by atoms with van der Waals surface area (Å²) in [4.78, 5) is 48.3. The zero-order valence-electron chi connectivity index (χ0n) is 20.0. The van der Waals surface area contributed by atoms with Gasteiger partial charge in [0, 0.05) is 73.5 Å². The van der Waals surface area contributed by atoms with Gasteiger partial charge in [0.15, 0.2) is 0 Å². The molecule has 1 fully saturated rings. The summed E-state index contributed by atoms with van der Waals surface area (Å²) in [5.74, 6) is 0.520. The Hall–Kier alpha value is -4.80. The maximum absolute atomic E-state index is 12.8. The molecule has 1 saturated heterocycles. The summed E-state index contributed by atoms with van der Waals surface area (Å²) in [7, 11) is 0. The highest BCUT2D eigenvalue weighted by Gasteiger charge is 2.22. The van der Waals surface area contributed by atoms with Crippen LogP contribution in [0.3, 0.4) is 0 Å². The summed E-state index contributed by atoms with van der Waals surface area (Å²) in [6, 6.07) is 15.3. The largest absolute Gasteiger partial charge is 0.339 e. The molecule has 1 aliphatic heterocycles. The van der Waals surface area contributed by atoms with Crippen molar-refractivity contribution in [2.24, 2.45) is 0 Å². The molecule has 11 nitrogen and oxygen atoms in total. The highest BCUT2D eigenvalue weighted by molar-refractivity contribution is 5.92. The van der Waals surface area contributed by atoms with Crippen LogP contribution in [0, 0.1) is 10.1 Å². The fourth-order valence-corrected chi connectivity index (χ4v) is 4.40. The summed E-state index contributed by atoms with van der Waals surface area (Å²) >= 11 is 0. The molecule has 2 aromatic heterocycles. The highest BCUT2D eigenvalue weighted by atomic mass is 16.6. The Balaban J connectivity index is 1.12. The number of hydrogen-bond donors (Lipinski definition) is 1. The van der Waals surface area contributed by atoms with Crippen molar-refractivity contribution < 1.29 is 14.5 Å². The van der Waals surface area contributed by atoms with Crippen LogP contribution >= 0.6 is 0 Å². The van der Waals surface area contributed by atoms with Gasteiger partial charge in [-0.15, -0.1) is 0 Å². The van der Waals surface area contributed by atoms with E-state index in [0.717, 1.165) is 11.1 Å². The zero-order chi connectivity index (χ0) is 25.8. The van der Waals surface area contributed by atoms with Gasteiger partial charge in [0.25, 0.3) is 5.69 Å². The Bertz CT molecular complexity index is 1430. The molecular formula is C26H25N7O4. The zero-order valence-corrected chi connectivity index (χ0v) is 20.0. The molecule has 188 valence electrons. The molecule has 2 aromatic carbocycles. The average Bonchev–Trinajstić information content (AvgIpc) is 3.32. The first-order valence-corrected chi connectivity index (χ1v) is 11.9. The van der Waals surface area contributed by atoms with Gasteiger partial charge in [-0.05, 0) is 35.9 Å². The Kier molecular flexibility index (Phi) is 6.75. The number of fused-ring (bicyclic) bond motifs is 1. The quantitative estimate of drug-likeness (QED) is 0.306. The number of benzene rings is 2. The third-order valence-electron chi connectivity index (χ3n) is 6.34. The predicted molar refractivity (Wildman–Crippen MR) is 138 cm³/mol. The topological polar surface area (TPSA) is 126 Å². The van der Waals surface area contributed by atoms with Crippen molar-refractivity contribution in [1.82, 2.24) is 19.4 Å². The van der Waals surface area contributed by atoms with Gasteiger partial charge in [0.2, 0.25) is 17.8 Å². The second kappa shape index (κ2) is 10.4. The predicted octanol–water partition coefficient (Wildman–Crippen LogP) is 2.87. The van der Waals surface area contributed by atoms with E-state index in [0.29, 0.717) is 43.2 Å². The molecule has 0 atom stereocenters. The van der Waals surface area contributed by atoms with E-state index < -0.39 is 4.92 Å². The summed E-state index contributed by atoms with van der Waals surface area (Å²) in [6.07, 6.45) is 5.45. The number of rotatable bonds is 7. The van der Waals surface area contributed by atoms with Crippen LogP contribution in [0.1, 0.15) is 5.56 Å². The number of aromatic nitrogens is 3. The molecule has 2 amide bonds. The average molecular weight is 500 g/mol. The first-order valence-electron chi connectivity index (χ1n) is 11.9. The van der Waals surface area contributed by atoms with E-state index in [2.05, 4.69) is 20.2 Å². The Morgan fingerprint density at radius 3 is 2.41 bits per heavy atom. The van der Waals surface area contributed by atoms with Crippen molar-refractivity contribution in [2.75, 3.05) is 36.4 Å². The number of nitrogens with one attached hydrogen (secondary N) is 1. The van der Waals surface area contributed by atoms with Crippen LogP contribution < -0.4 is 10.2 Å². The second-order valence-electron chi connectivity index (χ2n) is 8.78. The third kappa shape index (κ3) is 5.56. The normalized spacial score (nSPS) is 13.5. The fraction of sp³-hybridized carbons (Fsp3) is 0.231. The van der Waals surface area contributed by atoms with Gasteiger partial charge in [0.05, 0.1) is 11.3 Å². The molecule has 0 spiro atoms. The lowest BCUT2D eigenvalue weighted by Gasteiger charge is -2.34. The lowest BCUT2D eigenvalue weighted by molar-refractivity contribution is -0.384. The van der Waals surface area contributed by atoms with Crippen LogP contribution in [0.5, 0.6) is 0 Å². The van der Waals surface area contributed by atoms with Crippen LogP contribution in [0.4, 0.5) is 17.3 Å². The number of nitro benzene ring substituents is 1. The van der Waals surface area contributed by atoms with Gasteiger partial charge in [-0.2, -0.15) is 0 Å². The summed E-state index contributed by atoms with van der Waals surface area (Å²) < 4.78 is 1.74. The van der Waals surface area contributed by atoms with Crippen LogP contribution in [-0.4, -0.2) is 62.4 Å². The fourth-order valence-electron chi connectivity index (χ4n) is 4.40. The maximum atomic E-state index is 12.8.